The highest BCUT2D eigenvalue weighted by Crippen LogP contribution is 2.32. The van der Waals surface area contributed by atoms with Gasteiger partial charge in [0.25, 0.3) is 5.91 Å². The van der Waals surface area contributed by atoms with Crippen molar-refractivity contribution in [2.24, 2.45) is 0 Å². The second-order valence-corrected chi connectivity index (χ2v) is 7.33. The van der Waals surface area contributed by atoms with Gasteiger partial charge in [0.05, 0.1) is 12.5 Å². The summed E-state index contributed by atoms with van der Waals surface area (Å²) >= 11 is 0. The fourth-order valence-electron chi connectivity index (χ4n) is 3.34. The maximum absolute atomic E-state index is 12.5. The van der Waals surface area contributed by atoms with Gasteiger partial charge in [0, 0.05) is 24.6 Å². The van der Waals surface area contributed by atoms with Gasteiger partial charge in [-0.3, -0.25) is 14.2 Å². The molecule has 1 aliphatic heterocycles. The Morgan fingerprint density at radius 1 is 1.19 bits per heavy atom. The minimum atomic E-state index is -0.644. The molecule has 1 fully saturated rings. The van der Waals surface area contributed by atoms with Gasteiger partial charge in [-0.25, -0.2) is 4.79 Å². The number of nitrogens with one attached hydrogen (secondary N) is 1. The molecule has 3 rings (SSSR count). The molecule has 0 aliphatic carbocycles. The lowest BCUT2D eigenvalue weighted by atomic mass is 10.1. The summed E-state index contributed by atoms with van der Waals surface area (Å²) in [4.78, 5) is 51.7. The highest BCUT2D eigenvalue weighted by molar-refractivity contribution is 6.03. The van der Waals surface area contributed by atoms with Gasteiger partial charge in [0.15, 0.2) is 0 Å². The van der Waals surface area contributed by atoms with Gasteiger partial charge in [-0.2, -0.15) is 4.98 Å². The molecule has 2 aromatic rings. The molecule has 0 bridgehead atoms. The number of anilines is 1. The maximum atomic E-state index is 12.5. The third-order valence-corrected chi connectivity index (χ3v) is 4.96. The van der Waals surface area contributed by atoms with Crippen molar-refractivity contribution in [3.63, 3.8) is 0 Å². The van der Waals surface area contributed by atoms with Crippen molar-refractivity contribution in [1.82, 2.24) is 9.55 Å². The second-order valence-electron chi connectivity index (χ2n) is 7.33. The van der Waals surface area contributed by atoms with Crippen molar-refractivity contribution < 1.29 is 23.9 Å². The molecular formula is C22H25N3O6. The minimum Gasteiger partial charge on any atom is -0.459 e. The summed E-state index contributed by atoms with van der Waals surface area (Å²) in [5.41, 5.74) is -0.137. The van der Waals surface area contributed by atoms with Gasteiger partial charge in [-0.15, -0.1) is 0 Å². The SMILES string of the molecule is CC[C@H]1O[C@@H](n2ccc(NC(=O)c3ccccc3)nc2=O)CC1OC(=O)CCC(C)=O. The summed E-state index contributed by atoms with van der Waals surface area (Å²) in [6, 6.07) is 10.1. The molecule has 1 aromatic heterocycles. The number of hydrogen-bond donors (Lipinski definition) is 1. The van der Waals surface area contributed by atoms with E-state index in [4.69, 9.17) is 9.47 Å². The third kappa shape index (κ3) is 5.85. The molecule has 31 heavy (non-hydrogen) atoms. The molecule has 164 valence electrons. The van der Waals surface area contributed by atoms with Gasteiger partial charge in [0.1, 0.15) is 23.9 Å². The molecule has 0 saturated carbocycles. The summed E-state index contributed by atoms with van der Waals surface area (Å²) in [5, 5.41) is 2.59. The van der Waals surface area contributed by atoms with E-state index < -0.39 is 24.0 Å². The van der Waals surface area contributed by atoms with Crippen molar-refractivity contribution in [3.05, 3.63) is 58.6 Å². The second kappa shape index (κ2) is 10.1. The predicted molar refractivity (Wildman–Crippen MR) is 112 cm³/mol. The maximum Gasteiger partial charge on any atom is 0.351 e. The van der Waals surface area contributed by atoms with Gasteiger partial charge < -0.3 is 19.6 Å². The minimum absolute atomic E-state index is 0.0181. The van der Waals surface area contributed by atoms with E-state index in [1.54, 1.807) is 30.3 Å². The van der Waals surface area contributed by atoms with E-state index >= 15 is 0 Å². The normalized spacial score (nSPS) is 20.3. The van der Waals surface area contributed by atoms with E-state index in [2.05, 4.69) is 10.3 Å². The molecule has 9 heteroatoms. The van der Waals surface area contributed by atoms with Crippen LogP contribution in [-0.4, -0.2) is 39.4 Å². The van der Waals surface area contributed by atoms with Crippen LogP contribution in [0.1, 0.15) is 56.1 Å². The highest BCUT2D eigenvalue weighted by Gasteiger charge is 2.38. The largest absolute Gasteiger partial charge is 0.459 e. The molecule has 1 amide bonds. The number of esters is 1. The van der Waals surface area contributed by atoms with E-state index in [0.29, 0.717) is 18.4 Å². The summed E-state index contributed by atoms with van der Waals surface area (Å²) in [7, 11) is 0. The molecule has 2 heterocycles. The molecule has 1 unspecified atom stereocenters. The van der Waals surface area contributed by atoms with Crippen LogP contribution in [0, 0.1) is 0 Å². The van der Waals surface area contributed by atoms with Crippen LogP contribution in [0.3, 0.4) is 0 Å². The van der Waals surface area contributed by atoms with Crippen LogP contribution < -0.4 is 11.0 Å². The average Bonchev–Trinajstić information content (AvgIpc) is 3.15. The molecule has 1 N–H and O–H groups in total. The smallest absolute Gasteiger partial charge is 0.351 e. The Balaban J connectivity index is 1.65. The number of amides is 1. The molecule has 1 aromatic carbocycles. The molecule has 0 radical (unpaired) electrons. The number of ether oxygens (including phenoxy) is 2. The zero-order chi connectivity index (χ0) is 22.4. The van der Waals surface area contributed by atoms with Gasteiger partial charge in [-0.05, 0) is 31.5 Å². The first-order valence-corrected chi connectivity index (χ1v) is 10.2. The number of hydrogen-bond acceptors (Lipinski definition) is 7. The summed E-state index contributed by atoms with van der Waals surface area (Å²) in [5.74, 6) is -0.785. The van der Waals surface area contributed by atoms with Crippen LogP contribution >= 0.6 is 0 Å². The van der Waals surface area contributed by atoms with Crippen LogP contribution in [-0.2, 0) is 19.1 Å². The molecule has 3 atom stereocenters. The number of rotatable bonds is 8. The lowest BCUT2D eigenvalue weighted by Crippen LogP contribution is -2.28. The standard InChI is InChI=1S/C22H25N3O6/c1-3-16-17(31-20(27)10-9-14(2)26)13-19(30-16)25-12-11-18(24-22(25)29)23-21(28)15-7-5-4-6-8-15/h4-8,11-12,16-17,19H,3,9-10,13H2,1-2H3,(H,23,24,28,29)/t16-,17?,19-/m1/s1. The number of carbonyl (C=O) groups is 3. The lowest BCUT2D eigenvalue weighted by molar-refractivity contribution is -0.152. The van der Waals surface area contributed by atoms with Gasteiger partial charge in [-0.1, -0.05) is 25.1 Å². The van der Waals surface area contributed by atoms with E-state index in [1.807, 2.05) is 6.92 Å². The summed E-state index contributed by atoms with van der Waals surface area (Å²) < 4.78 is 12.7. The number of nitrogens with zero attached hydrogens (tertiary/aromatic N) is 2. The van der Waals surface area contributed by atoms with Crippen molar-refractivity contribution in [3.8, 4) is 0 Å². The molecule has 1 saturated heterocycles. The fourth-order valence-corrected chi connectivity index (χ4v) is 3.34. The monoisotopic (exact) mass is 427 g/mol. The van der Waals surface area contributed by atoms with Gasteiger partial charge >= 0.3 is 11.7 Å². The Hall–Kier alpha value is -3.33. The van der Waals surface area contributed by atoms with Crippen LogP contribution in [0.5, 0.6) is 0 Å². The molecule has 0 spiro atoms. The lowest BCUT2D eigenvalue weighted by Gasteiger charge is -2.17. The molecular weight excluding hydrogens is 402 g/mol. The van der Waals surface area contributed by atoms with Crippen molar-refractivity contribution >= 4 is 23.5 Å². The Labute approximate surface area is 179 Å². The number of carbonyl (C=O) groups excluding carboxylic acids is 3. The molecule has 9 nitrogen and oxygen atoms in total. The Morgan fingerprint density at radius 3 is 2.58 bits per heavy atom. The van der Waals surface area contributed by atoms with Crippen molar-refractivity contribution in [2.75, 3.05) is 5.32 Å². The first-order valence-electron chi connectivity index (χ1n) is 10.2. The highest BCUT2D eigenvalue weighted by atomic mass is 16.6. The van der Waals surface area contributed by atoms with Crippen LogP contribution in [0.25, 0.3) is 0 Å². The van der Waals surface area contributed by atoms with E-state index in [9.17, 15) is 19.2 Å². The van der Waals surface area contributed by atoms with Crippen LogP contribution in [0.2, 0.25) is 0 Å². The average molecular weight is 427 g/mol. The predicted octanol–water partition coefficient (Wildman–Crippen LogP) is 2.47. The zero-order valence-electron chi connectivity index (χ0n) is 17.4. The number of ketones is 1. The topological polar surface area (TPSA) is 117 Å². The number of Topliss-reactive ketones (excluding diaryl/α,β-unsaturated/α-hetero) is 1. The Bertz CT molecular complexity index is 1000. The zero-order valence-corrected chi connectivity index (χ0v) is 17.4. The van der Waals surface area contributed by atoms with E-state index in [-0.39, 0.29) is 36.5 Å². The number of aromatic nitrogens is 2. The Kier molecular flexibility index (Phi) is 7.30. The molecule has 1 aliphatic rings. The third-order valence-electron chi connectivity index (χ3n) is 4.96. The van der Waals surface area contributed by atoms with Crippen molar-refractivity contribution in [1.29, 1.82) is 0 Å². The Morgan fingerprint density at radius 2 is 1.94 bits per heavy atom. The first kappa shape index (κ1) is 22.4. The summed E-state index contributed by atoms with van der Waals surface area (Å²) in [6.07, 6.45) is 1.00. The van der Waals surface area contributed by atoms with Crippen molar-refractivity contribution in [2.45, 2.75) is 58.0 Å². The van der Waals surface area contributed by atoms with E-state index in [0.717, 1.165) is 0 Å². The quantitative estimate of drug-likeness (QED) is 0.643. The first-order chi connectivity index (χ1) is 14.9. The van der Waals surface area contributed by atoms with E-state index in [1.165, 1.54) is 23.8 Å². The summed E-state index contributed by atoms with van der Waals surface area (Å²) in [6.45, 7) is 3.31. The van der Waals surface area contributed by atoms with Gasteiger partial charge in [0.2, 0.25) is 0 Å². The van der Waals surface area contributed by atoms with Crippen LogP contribution in [0.4, 0.5) is 5.82 Å². The van der Waals surface area contributed by atoms with Crippen LogP contribution in [0.15, 0.2) is 47.4 Å². The fraction of sp³-hybridized carbons (Fsp3) is 0.409. The number of benzene rings is 1.